The molecule has 2 rings (SSSR count). The van der Waals surface area contributed by atoms with Gasteiger partial charge in [0.25, 0.3) is 0 Å². The van der Waals surface area contributed by atoms with Gasteiger partial charge >= 0.3 is 0 Å². The first-order valence-electron chi connectivity index (χ1n) is 6.65. The van der Waals surface area contributed by atoms with Gasteiger partial charge in [-0.25, -0.2) is 0 Å². The number of aryl methyl sites for hydroxylation is 2. The van der Waals surface area contributed by atoms with Crippen LogP contribution in [-0.2, 0) is 6.42 Å². The summed E-state index contributed by atoms with van der Waals surface area (Å²) < 4.78 is 0. The molecule has 17 heavy (non-hydrogen) atoms. The molecule has 1 aliphatic carbocycles. The standard InChI is InChI=1S/C16H25N/c1-12-5-6-13(2)14(9-12)10-16(17)8-7-15(3,4)11-16/h5-6,9H,7-8,10-11,17H2,1-4H3. The van der Waals surface area contributed by atoms with Crippen molar-refractivity contribution in [2.45, 2.75) is 58.9 Å². The Morgan fingerprint density at radius 1 is 1.18 bits per heavy atom. The van der Waals surface area contributed by atoms with Crippen LogP contribution >= 0.6 is 0 Å². The molecule has 0 spiro atoms. The predicted molar refractivity (Wildman–Crippen MR) is 74.2 cm³/mol. The van der Waals surface area contributed by atoms with E-state index in [-0.39, 0.29) is 5.54 Å². The SMILES string of the molecule is Cc1ccc(C)c(CC2(N)CCC(C)(C)C2)c1. The highest BCUT2D eigenvalue weighted by Gasteiger charge is 2.40. The van der Waals surface area contributed by atoms with E-state index in [9.17, 15) is 0 Å². The smallest absolute Gasteiger partial charge is 0.0200 e. The van der Waals surface area contributed by atoms with Gasteiger partial charge in [-0.15, -0.1) is 0 Å². The van der Waals surface area contributed by atoms with Crippen molar-refractivity contribution in [3.8, 4) is 0 Å². The molecule has 1 fully saturated rings. The number of hydrogen-bond acceptors (Lipinski definition) is 1. The van der Waals surface area contributed by atoms with Crippen molar-refractivity contribution in [1.82, 2.24) is 0 Å². The zero-order valence-corrected chi connectivity index (χ0v) is 11.6. The van der Waals surface area contributed by atoms with E-state index in [4.69, 9.17) is 5.73 Å². The van der Waals surface area contributed by atoms with Crippen LogP contribution in [0.3, 0.4) is 0 Å². The summed E-state index contributed by atoms with van der Waals surface area (Å²) in [5.41, 5.74) is 11.2. The molecule has 1 saturated carbocycles. The van der Waals surface area contributed by atoms with Gasteiger partial charge in [0.2, 0.25) is 0 Å². The topological polar surface area (TPSA) is 26.0 Å². The maximum Gasteiger partial charge on any atom is 0.0200 e. The Labute approximate surface area is 105 Å². The highest BCUT2D eigenvalue weighted by molar-refractivity contribution is 5.32. The molecule has 1 unspecified atom stereocenters. The monoisotopic (exact) mass is 231 g/mol. The van der Waals surface area contributed by atoms with Crippen molar-refractivity contribution in [2.24, 2.45) is 11.1 Å². The second-order valence-electron chi connectivity index (χ2n) is 6.81. The molecule has 0 aliphatic heterocycles. The first-order chi connectivity index (χ1) is 7.80. The van der Waals surface area contributed by atoms with Crippen molar-refractivity contribution < 1.29 is 0 Å². The first-order valence-corrected chi connectivity index (χ1v) is 6.65. The second kappa shape index (κ2) is 4.13. The molecule has 94 valence electrons. The van der Waals surface area contributed by atoms with Gasteiger partial charge in [0.05, 0.1) is 0 Å². The number of hydrogen-bond donors (Lipinski definition) is 1. The molecular formula is C16H25N. The summed E-state index contributed by atoms with van der Waals surface area (Å²) in [5, 5.41) is 0. The maximum absolute atomic E-state index is 6.59. The third kappa shape index (κ3) is 2.90. The van der Waals surface area contributed by atoms with Crippen LogP contribution in [0, 0.1) is 19.3 Å². The lowest BCUT2D eigenvalue weighted by atomic mass is 9.83. The van der Waals surface area contributed by atoms with Crippen LogP contribution < -0.4 is 5.73 Å². The van der Waals surface area contributed by atoms with E-state index in [0.29, 0.717) is 5.41 Å². The average molecular weight is 231 g/mol. The molecule has 1 aliphatic rings. The van der Waals surface area contributed by atoms with E-state index in [0.717, 1.165) is 19.3 Å². The minimum absolute atomic E-state index is 0.0159. The van der Waals surface area contributed by atoms with Crippen molar-refractivity contribution >= 4 is 0 Å². The van der Waals surface area contributed by atoms with Crippen molar-refractivity contribution in [3.63, 3.8) is 0 Å². The minimum Gasteiger partial charge on any atom is -0.325 e. The molecule has 1 aromatic rings. The van der Waals surface area contributed by atoms with E-state index < -0.39 is 0 Å². The fourth-order valence-corrected chi connectivity index (χ4v) is 3.24. The van der Waals surface area contributed by atoms with E-state index in [2.05, 4.69) is 45.9 Å². The van der Waals surface area contributed by atoms with Crippen LogP contribution in [0.15, 0.2) is 18.2 Å². The van der Waals surface area contributed by atoms with Gasteiger partial charge in [-0.1, -0.05) is 37.6 Å². The summed E-state index contributed by atoms with van der Waals surface area (Å²) in [6, 6.07) is 6.70. The van der Waals surface area contributed by atoms with Gasteiger partial charge in [0.15, 0.2) is 0 Å². The average Bonchev–Trinajstić information content (AvgIpc) is 2.47. The van der Waals surface area contributed by atoms with Crippen molar-refractivity contribution in [2.75, 3.05) is 0 Å². The maximum atomic E-state index is 6.59. The normalized spacial score (nSPS) is 27.4. The lowest BCUT2D eigenvalue weighted by Gasteiger charge is -2.27. The summed E-state index contributed by atoms with van der Waals surface area (Å²) in [5.74, 6) is 0. The van der Waals surface area contributed by atoms with E-state index in [1.54, 1.807) is 0 Å². The van der Waals surface area contributed by atoms with Crippen molar-refractivity contribution in [1.29, 1.82) is 0 Å². The fourth-order valence-electron chi connectivity index (χ4n) is 3.24. The van der Waals surface area contributed by atoms with Crippen LogP contribution in [0.25, 0.3) is 0 Å². The van der Waals surface area contributed by atoms with Crippen LogP contribution in [0.2, 0.25) is 0 Å². The molecule has 0 amide bonds. The second-order valence-corrected chi connectivity index (χ2v) is 6.81. The highest BCUT2D eigenvalue weighted by Crippen LogP contribution is 2.43. The lowest BCUT2D eigenvalue weighted by Crippen LogP contribution is -2.40. The highest BCUT2D eigenvalue weighted by atomic mass is 14.8. The van der Waals surface area contributed by atoms with Crippen LogP contribution in [0.4, 0.5) is 0 Å². The third-order valence-electron chi connectivity index (χ3n) is 4.18. The molecular weight excluding hydrogens is 206 g/mol. The lowest BCUT2D eigenvalue weighted by molar-refractivity contribution is 0.334. The number of benzene rings is 1. The van der Waals surface area contributed by atoms with Gasteiger partial charge in [-0.2, -0.15) is 0 Å². The van der Waals surface area contributed by atoms with Gasteiger partial charge in [-0.3, -0.25) is 0 Å². The molecule has 1 heteroatoms. The minimum atomic E-state index is 0.0159. The molecule has 0 heterocycles. The van der Waals surface area contributed by atoms with Gasteiger partial charge in [0.1, 0.15) is 0 Å². The summed E-state index contributed by atoms with van der Waals surface area (Å²) in [6.45, 7) is 9.03. The summed E-state index contributed by atoms with van der Waals surface area (Å²) in [7, 11) is 0. The summed E-state index contributed by atoms with van der Waals surface area (Å²) in [6.07, 6.45) is 4.60. The molecule has 0 radical (unpaired) electrons. The Balaban J connectivity index is 2.18. The van der Waals surface area contributed by atoms with E-state index in [1.807, 2.05) is 0 Å². The Hall–Kier alpha value is -0.820. The summed E-state index contributed by atoms with van der Waals surface area (Å²) >= 11 is 0. The van der Waals surface area contributed by atoms with Crippen LogP contribution in [0.5, 0.6) is 0 Å². The molecule has 1 nitrogen and oxygen atoms in total. The zero-order chi connectivity index (χ0) is 12.7. The molecule has 0 bridgehead atoms. The quantitative estimate of drug-likeness (QED) is 0.824. The Morgan fingerprint density at radius 2 is 1.88 bits per heavy atom. The molecule has 0 aromatic heterocycles. The molecule has 1 atom stereocenters. The van der Waals surface area contributed by atoms with E-state index in [1.165, 1.54) is 23.1 Å². The fraction of sp³-hybridized carbons (Fsp3) is 0.625. The van der Waals surface area contributed by atoms with Crippen molar-refractivity contribution in [3.05, 3.63) is 34.9 Å². The molecule has 1 aromatic carbocycles. The van der Waals surface area contributed by atoms with Crippen LogP contribution in [0.1, 0.15) is 49.8 Å². The Bertz CT molecular complexity index is 420. The Kier molecular flexibility index (Phi) is 3.07. The first kappa shape index (κ1) is 12.6. The van der Waals surface area contributed by atoms with Gasteiger partial charge in [-0.05, 0) is 56.1 Å². The number of nitrogens with two attached hydrogens (primary N) is 1. The predicted octanol–water partition coefficient (Wildman–Crippen LogP) is 3.75. The van der Waals surface area contributed by atoms with Gasteiger partial charge < -0.3 is 5.73 Å². The Morgan fingerprint density at radius 3 is 2.47 bits per heavy atom. The molecule has 2 N–H and O–H groups in total. The van der Waals surface area contributed by atoms with E-state index >= 15 is 0 Å². The van der Waals surface area contributed by atoms with Gasteiger partial charge in [0, 0.05) is 5.54 Å². The number of rotatable bonds is 2. The molecule has 0 saturated heterocycles. The zero-order valence-electron chi connectivity index (χ0n) is 11.6. The summed E-state index contributed by atoms with van der Waals surface area (Å²) in [4.78, 5) is 0. The third-order valence-corrected chi connectivity index (χ3v) is 4.18. The largest absolute Gasteiger partial charge is 0.325 e. The van der Waals surface area contributed by atoms with Crippen LogP contribution in [-0.4, -0.2) is 5.54 Å².